The van der Waals surface area contributed by atoms with Gasteiger partial charge in [0, 0.05) is 39.0 Å². The number of amides is 1. The maximum Gasteiger partial charge on any atom is 0.303 e. The van der Waals surface area contributed by atoms with E-state index in [1.807, 2.05) is 27.7 Å². The van der Waals surface area contributed by atoms with Gasteiger partial charge in [0.05, 0.1) is 5.60 Å². The summed E-state index contributed by atoms with van der Waals surface area (Å²) in [5.74, 6) is -2.74. The maximum absolute atomic E-state index is 12.8. The number of rotatable bonds is 10. The van der Waals surface area contributed by atoms with E-state index in [-0.39, 0.29) is 18.3 Å². The average Bonchev–Trinajstić information content (AvgIpc) is 2.68. The van der Waals surface area contributed by atoms with Crippen LogP contribution in [0.25, 0.3) is 0 Å². The molecule has 1 saturated heterocycles. The van der Waals surface area contributed by atoms with Gasteiger partial charge in [-0.1, -0.05) is 27.7 Å². The molecule has 1 heterocycles. The zero-order valence-corrected chi connectivity index (χ0v) is 23.0. The Morgan fingerprint density at radius 2 is 1.39 bits per heavy atom. The first-order chi connectivity index (χ1) is 16.3. The zero-order valence-electron chi connectivity index (χ0n) is 23.0. The Hall–Kier alpha value is -2.53. The molecule has 11 nitrogen and oxygen atoms in total. The van der Waals surface area contributed by atoms with Crippen LogP contribution in [0.5, 0.6) is 0 Å². The Morgan fingerprint density at radius 1 is 0.861 bits per heavy atom. The average molecular weight is 516 g/mol. The van der Waals surface area contributed by atoms with Crippen LogP contribution in [0.15, 0.2) is 0 Å². The topological polar surface area (TPSA) is 144 Å². The van der Waals surface area contributed by atoms with Crippen molar-refractivity contribution in [2.24, 2.45) is 11.3 Å². The second-order valence-electron chi connectivity index (χ2n) is 10.8. The second kappa shape index (κ2) is 12.6. The van der Waals surface area contributed by atoms with Crippen molar-refractivity contribution in [2.75, 3.05) is 6.61 Å². The monoisotopic (exact) mass is 515 g/mol. The number of nitrogens with one attached hydrogen (secondary N) is 1. The predicted molar refractivity (Wildman–Crippen MR) is 127 cm³/mol. The van der Waals surface area contributed by atoms with Crippen LogP contribution in [0.1, 0.15) is 75.7 Å². The van der Waals surface area contributed by atoms with Gasteiger partial charge >= 0.3 is 17.9 Å². The number of ether oxygens (including phenoxy) is 5. The minimum Gasteiger partial charge on any atom is -0.463 e. The first-order valence-electron chi connectivity index (χ1n) is 12.0. The fraction of sp³-hybridized carbons (Fsp3) is 0.800. The molecule has 1 fully saturated rings. The van der Waals surface area contributed by atoms with Crippen molar-refractivity contribution in [3.8, 4) is 0 Å². The van der Waals surface area contributed by atoms with E-state index in [0.29, 0.717) is 6.42 Å². The first-order valence-corrected chi connectivity index (χ1v) is 12.0. The fourth-order valence-corrected chi connectivity index (χ4v) is 4.32. The van der Waals surface area contributed by atoms with Crippen LogP contribution in [-0.4, -0.2) is 72.5 Å². The van der Waals surface area contributed by atoms with Crippen molar-refractivity contribution in [3.63, 3.8) is 0 Å². The van der Waals surface area contributed by atoms with Gasteiger partial charge in [-0.25, -0.2) is 0 Å². The largest absolute Gasteiger partial charge is 0.463 e. The summed E-state index contributed by atoms with van der Waals surface area (Å²) in [5, 5.41) is 2.67. The predicted octanol–water partition coefficient (Wildman–Crippen LogP) is 2.08. The Balaban J connectivity index is 3.38. The Kier molecular flexibility index (Phi) is 11.0. The molecule has 0 saturated carbocycles. The SMILES string of the molecule is CC(=O)N[C@H]1[C@H](OC(C)(C)CC(C)C(=O)C(C)(C)C)O[C@H](COC(C)=O)[C@H](OC(C)=O)[C@@H]1OC(C)=O. The molecule has 0 aromatic carbocycles. The van der Waals surface area contributed by atoms with Gasteiger partial charge in [0.15, 0.2) is 18.5 Å². The summed E-state index contributed by atoms with van der Waals surface area (Å²) in [6.45, 7) is 15.4. The molecule has 11 heteroatoms. The van der Waals surface area contributed by atoms with Crippen LogP contribution in [0.4, 0.5) is 0 Å². The summed E-state index contributed by atoms with van der Waals surface area (Å²) in [5.41, 5.74) is -1.47. The quantitative estimate of drug-likeness (QED) is 0.339. The van der Waals surface area contributed by atoms with Gasteiger partial charge in [-0.3, -0.25) is 24.0 Å². The number of hydrogen-bond donors (Lipinski definition) is 1. The van der Waals surface area contributed by atoms with Crippen molar-refractivity contribution >= 4 is 29.6 Å². The molecule has 1 unspecified atom stereocenters. The number of carbonyl (C=O) groups is 5. The van der Waals surface area contributed by atoms with Crippen molar-refractivity contribution in [2.45, 2.75) is 112 Å². The summed E-state index contributed by atoms with van der Waals surface area (Å²) < 4.78 is 28.3. The van der Waals surface area contributed by atoms with Gasteiger partial charge in [0.25, 0.3) is 0 Å². The Bertz CT molecular complexity index is 831. The number of esters is 3. The third-order valence-electron chi connectivity index (χ3n) is 5.49. The van der Waals surface area contributed by atoms with E-state index in [2.05, 4.69) is 5.32 Å². The number of Topliss-reactive ketones (excluding diaryl/α,β-unsaturated/α-hetero) is 1. The minimum absolute atomic E-state index is 0.0580. The molecule has 0 radical (unpaired) electrons. The van der Waals surface area contributed by atoms with Gasteiger partial charge in [-0.05, 0) is 20.3 Å². The van der Waals surface area contributed by atoms with Crippen LogP contribution in [-0.2, 0) is 47.7 Å². The molecule has 0 aromatic rings. The fourth-order valence-electron chi connectivity index (χ4n) is 4.32. The van der Waals surface area contributed by atoms with E-state index < -0.39 is 65.5 Å². The normalized spacial score (nSPS) is 25.3. The third-order valence-corrected chi connectivity index (χ3v) is 5.49. The standard InChI is InChI=1S/C25H41NO10/c1-13(22(31)24(6,7)8)11-25(9,10)36-23-19(26-14(2)27)21(34-17(5)30)20(33-16(4)29)18(35-23)12-32-15(3)28/h13,18-21,23H,11-12H2,1-10H3,(H,26,27)/t13?,18-,19-,20+,21-,23+/m1/s1. The van der Waals surface area contributed by atoms with E-state index in [4.69, 9.17) is 23.7 Å². The minimum atomic E-state index is -1.21. The molecule has 1 N–H and O–H groups in total. The smallest absolute Gasteiger partial charge is 0.303 e. The van der Waals surface area contributed by atoms with Crippen molar-refractivity contribution < 1.29 is 47.7 Å². The van der Waals surface area contributed by atoms with Gasteiger partial charge in [0.1, 0.15) is 24.5 Å². The highest BCUT2D eigenvalue weighted by molar-refractivity contribution is 5.85. The molecule has 0 spiro atoms. The van der Waals surface area contributed by atoms with E-state index in [1.165, 1.54) is 27.7 Å². The van der Waals surface area contributed by atoms with Crippen LogP contribution < -0.4 is 5.32 Å². The lowest BCUT2D eigenvalue weighted by molar-refractivity contribution is -0.301. The number of hydrogen-bond acceptors (Lipinski definition) is 10. The summed E-state index contributed by atoms with van der Waals surface area (Å²) in [6.07, 6.45) is -4.35. The van der Waals surface area contributed by atoms with Crippen molar-refractivity contribution in [3.05, 3.63) is 0 Å². The van der Waals surface area contributed by atoms with Crippen LogP contribution in [0.2, 0.25) is 0 Å². The molecule has 1 aliphatic rings. The number of carbonyl (C=O) groups excluding carboxylic acids is 5. The highest BCUT2D eigenvalue weighted by Gasteiger charge is 2.52. The summed E-state index contributed by atoms with van der Waals surface area (Å²) >= 11 is 0. The molecular formula is C25H41NO10. The lowest BCUT2D eigenvalue weighted by atomic mass is 9.79. The van der Waals surface area contributed by atoms with Gasteiger partial charge < -0.3 is 29.0 Å². The molecule has 1 aliphatic heterocycles. The van der Waals surface area contributed by atoms with Gasteiger partial charge in [-0.15, -0.1) is 0 Å². The highest BCUT2D eigenvalue weighted by atomic mass is 16.7. The van der Waals surface area contributed by atoms with Gasteiger partial charge in [-0.2, -0.15) is 0 Å². The van der Waals surface area contributed by atoms with E-state index in [9.17, 15) is 24.0 Å². The van der Waals surface area contributed by atoms with Crippen LogP contribution in [0.3, 0.4) is 0 Å². The Labute approximate surface area is 212 Å². The molecule has 0 bridgehead atoms. The first kappa shape index (κ1) is 31.5. The van der Waals surface area contributed by atoms with Crippen LogP contribution in [0, 0.1) is 11.3 Å². The van der Waals surface area contributed by atoms with Crippen LogP contribution >= 0.6 is 0 Å². The van der Waals surface area contributed by atoms with E-state index >= 15 is 0 Å². The third kappa shape index (κ3) is 9.85. The summed E-state index contributed by atoms with van der Waals surface area (Å²) in [7, 11) is 0. The lowest BCUT2D eigenvalue weighted by Gasteiger charge is -2.47. The van der Waals surface area contributed by atoms with Crippen molar-refractivity contribution in [1.29, 1.82) is 0 Å². The van der Waals surface area contributed by atoms with E-state index in [0.717, 1.165) is 0 Å². The molecule has 36 heavy (non-hydrogen) atoms. The molecular weight excluding hydrogens is 474 g/mol. The van der Waals surface area contributed by atoms with Gasteiger partial charge in [0.2, 0.25) is 5.91 Å². The maximum atomic E-state index is 12.8. The highest BCUT2D eigenvalue weighted by Crippen LogP contribution is 2.33. The lowest BCUT2D eigenvalue weighted by Crippen LogP contribution is -2.67. The number of ketones is 1. The summed E-state index contributed by atoms with van der Waals surface area (Å²) in [6, 6.07) is -1.07. The van der Waals surface area contributed by atoms with Crippen molar-refractivity contribution in [1.82, 2.24) is 5.32 Å². The molecule has 6 atom stereocenters. The summed E-state index contributed by atoms with van der Waals surface area (Å²) in [4.78, 5) is 60.1. The molecule has 206 valence electrons. The zero-order chi connectivity index (χ0) is 28.0. The molecule has 1 rings (SSSR count). The van der Waals surface area contributed by atoms with E-state index in [1.54, 1.807) is 13.8 Å². The molecule has 0 aliphatic carbocycles. The molecule has 1 amide bonds. The Morgan fingerprint density at radius 3 is 1.83 bits per heavy atom. The molecule has 0 aromatic heterocycles. The second-order valence-corrected chi connectivity index (χ2v) is 10.8.